The summed E-state index contributed by atoms with van der Waals surface area (Å²) in [6.07, 6.45) is 0. The first-order chi connectivity index (χ1) is 11.0. The molecule has 0 aliphatic rings. The van der Waals surface area contributed by atoms with Gasteiger partial charge in [-0.15, -0.1) is 0 Å². The quantitative estimate of drug-likeness (QED) is 0.743. The van der Waals surface area contributed by atoms with Crippen LogP contribution in [0.4, 0.5) is 4.39 Å². The van der Waals surface area contributed by atoms with Gasteiger partial charge in [-0.3, -0.25) is 9.36 Å². The van der Waals surface area contributed by atoms with E-state index in [2.05, 4.69) is 0 Å². The van der Waals surface area contributed by atoms with E-state index >= 15 is 0 Å². The summed E-state index contributed by atoms with van der Waals surface area (Å²) in [6.45, 7) is 0.233. The number of aromatic nitrogens is 1. The van der Waals surface area contributed by atoms with Gasteiger partial charge in [0.05, 0.1) is 5.52 Å². The Morgan fingerprint density at radius 2 is 1.87 bits per heavy atom. The number of carbonyl (C=O) groups is 1. The molecule has 0 aliphatic heterocycles. The third-order valence-electron chi connectivity index (χ3n) is 3.63. The number of para-hydroxylation sites is 2. The first-order valence-corrected chi connectivity index (χ1v) is 7.11. The average molecular weight is 314 g/mol. The number of hydrogen-bond acceptors (Lipinski definition) is 3. The highest BCUT2D eigenvalue weighted by Crippen LogP contribution is 2.12. The number of nitrogens with zero attached hydrogens (tertiary/aromatic N) is 2. The molecule has 5 nitrogen and oxygen atoms in total. The molecule has 0 fully saturated rings. The number of fused-ring (bicyclic) bond motifs is 1. The fourth-order valence-corrected chi connectivity index (χ4v) is 2.37. The van der Waals surface area contributed by atoms with Crippen LogP contribution in [0.2, 0.25) is 0 Å². The molecule has 0 bridgehead atoms. The average Bonchev–Trinajstić information content (AvgIpc) is 2.85. The van der Waals surface area contributed by atoms with Gasteiger partial charge >= 0.3 is 5.76 Å². The van der Waals surface area contributed by atoms with Crippen LogP contribution in [-0.2, 0) is 17.9 Å². The van der Waals surface area contributed by atoms with Crippen LogP contribution >= 0.6 is 0 Å². The van der Waals surface area contributed by atoms with Gasteiger partial charge in [-0.05, 0) is 29.8 Å². The van der Waals surface area contributed by atoms with E-state index in [1.54, 1.807) is 43.4 Å². The first-order valence-electron chi connectivity index (χ1n) is 7.11. The Labute approximate surface area is 131 Å². The molecular formula is C17H15FN2O3. The second kappa shape index (κ2) is 6.08. The highest BCUT2D eigenvalue weighted by Gasteiger charge is 2.15. The molecule has 118 valence electrons. The van der Waals surface area contributed by atoms with Gasteiger partial charge in [0.2, 0.25) is 5.91 Å². The number of oxazole rings is 1. The molecule has 0 saturated carbocycles. The molecule has 0 N–H and O–H groups in total. The molecule has 0 saturated heterocycles. The largest absolute Gasteiger partial charge is 0.420 e. The molecule has 3 rings (SSSR count). The smallest absolute Gasteiger partial charge is 0.408 e. The topological polar surface area (TPSA) is 55.5 Å². The number of rotatable bonds is 4. The Bertz CT molecular complexity index is 896. The SMILES string of the molecule is CN(Cc1ccc(F)cc1)C(=O)Cn1c(=O)oc2ccccc21. The molecule has 23 heavy (non-hydrogen) atoms. The zero-order valence-electron chi connectivity index (χ0n) is 12.5. The number of likely N-dealkylation sites (N-methyl/N-ethyl adjacent to an activating group) is 1. The van der Waals surface area contributed by atoms with Crippen molar-refractivity contribution in [1.29, 1.82) is 0 Å². The van der Waals surface area contributed by atoms with E-state index in [0.29, 0.717) is 17.6 Å². The summed E-state index contributed by atoms with van der Waals surface area (Å²) in [6, 6.07) is 12.9. The van der Waals surface area contributed by atoms with Gasteiger partial charge in [-0.1, -0.05) is 24.3 Å². The molecule has 0 atom stereocenters. The fraction of sp³-hybridized carbons (Fsp3) is 0.176. The van der Waals surface area contributed by atoms with E-state index in [1.165, 1.54) is 21.6 Å². The normalized spacial score (nSPS) is 10.9. The number of benzene rings is 2. The van der Waals surface area contributed by atoms with Crippen molar-refractivity contribution < 1.29 is 13.6 Å². The molecule has 1 aromatic heterocycles. The van der Waals surface area contributed by atoms with Crippen LogP contribution in [0.25, 0.3) is 11.1 Å². The summed E-state index contributed by atoms with van der Waals surface area (Å²) in [4.78, 5) is 25.7. The van der Waals surface area contributed by atoms with E-state index in [0.717, 1.165) is 5.56 Å². The van der Waals surface area contributed by atoms with Crippen LogP contribution in [-0.4, -0.2) is 22.4 Å². The lowest BCUT2D eigenvalue weighted by Gasteiger charge is -2.17. The predicted molar refractivity (Wildman–Crippen MR) is 83.3 cm³/mol. The van der Waals surface area contributed by atoms with Crippen molar-refractivity contribution in [3.63, 3.8) is 0 Å². The van der Waals surface area contributed by atoms with Crippen molar-refractivity contribution in [1.82, 2.24) is 9.47 Å². The number of hydrogen-bond donors (Lipinski definition) is 0. The summed E-state index contributed by atoms with van der Waals surface area (Å²) in [7, 11) is 1.64. The minimum atomic E-state index is -0.560. The minimum Gasteiger partial charge on any atom is -0.408 e. The van der Waals surface area contributed by atoms with Crippen molar-refractivity contribution in [3.8, 4) is 0 Å². The summed E-state index contributed by atoms with van der Waals surface area (Å²) in [5.41, 5.74) is 1.85. The lowest BCUT2D eigenvalue weighted by molar-refractivity contribution is -0.131. The van der Waals surface area contributed by atoms with Gasteiger partial charge in [0.25, 0.3) is 0 Å². The lowest BCUT2D eigenvalue weighted by atomic mass is 10.2. The van der Waals surface area contributed by atoms with E-state index in [-0.39, 0.29) is 18.3 Å². The molecule has 0 unspecified atom stereocenters. The summed E-state index contributed by atoms with van der Waals surface area (Å²) in [5, 5.41) is 0. The molecule has 0 aliphatic carbocycles. The third kappa shape index (κ3) is 3.15. The van der Waals surface area contributed by atoms with Crippen LogP contribution in [0.15, 0.2) is 57.7 Å². The Kier molecular flexibility index (Phi) is 3.97. The van der Waals surface area contributed by atoms with E-state index in [9.17, 15) is 14.0 Å². The maximum Gasteiger partial charge on any atom is 0.420 e. The van der Waals surface area contributed by atoms with Crippen LogP contribution in [0, 0.1) is 5.82 Å². The molecule has 2 aromatic carbocycles. The molecule has 3 aromatic rings. The Morgan fingerprint density at radius 1 is 1.17 bits per heavy atom. The van der Waals surface area contributed by atoms with Crippen molar-refractivity contribution >= 4 is 17.0 Å². The van der Waals surface area contributed by atoms with Gasteiger partial charge in [0.15, 0.2) is 5.58 Å². The molecule has 1 heterocycles. The van der Waals surface area contributed by atoms with Gasteiger partial charge in [-0.25, -0.2) is 9.18 Å². The van der Waals surface area contributed by atoms with Crippen LogP contribution in [0.1, 0.15) is 5.56 Å². The molecule has 6 heteroatoms. The first kappa shape index (κ1) is 15.0. The number of halogens is 1. The highest BCUT2D eigenvalue weighted by atomic mass is 19.1. The van der Waals surface area contributed by atoms with Crippen LogP contribution in [0.5, 0.6) is 0 Å². The standard InChI is InChI=1S/C17H15FN2O3/c1-19(10-12-6-8-13(18)9-7-12)16(21)11-20-14-4-2-3-5-15(14)23-17(20)22/h2-9H,10-11H2,1H3. The van der Waals surface area contributed by atoms with E-state index in [1.807, 2.05) is 0 Å². The summed E-state index contributed by atoms with van der Waals surface area (Å²) >= 11 is 0. The molecule has 0 spiro atoms. The summed E-state index contributed by atoms with van der Waals surface area (Å²) in [5.74, 6) is -1.11. The number of amides is 1. The second-order valence-corrected chi connectivity index (χ2v) is 5.30. The third-order valence-corrected chi connectivity index (χ3v) is 3.63. The van der Waals surface area contributed by atoms with E-state index in [4.69, 9.17) is 4.42 Å². The van der Waals surface area contributed by atoms with Crippen molar-refractivity contribution in [3.05, 3.63) is 70.5 Å². The van der Waals surface area contributed by atoms with Gasteiger partial charge < -0.3 is 9.32 Å². The van der Waals surface area contributed by atoms with Crippen molar-refractivity contribution in [2.24, 2.45) is 0 Å². The highest BCUT2D eigenvalue weighted by molar-refractivity contribution is 5.79. The zero-order valence-corrected chi connectivity index (χ0v) is 12.5. The lowest BCUT2D eigenvalue weighted by Crippen LogP contribution is -2.32. The summed E-state index contributed by atoms with van der Waals surface area (Å²) < 4.78 is 19.3. The molecule has 1 amide bonds. The van der Waals surface area contributed by atoms with Crippen LogP contribution in [0.3, 0.4) is 0 Å². The fourth-order valence-electron chi connectivity index (χ4n) is 2.37. The Balaban J connectivity index is 1.76. The second-order valence-electron chi connectivity index (χ2n) is 5.30. The van der Waals surface area contributed by atoms with Crippen LogP contribution < -0.4 is 5.76 Å². The predicted octanol–water partition coefficient (Wildman–Crippen LogP) is 2.39. The Hall–Kier alpha value is -2.89. The van der Waals surface area contributed by atoms with Gasteiger partial charge in [0.1, 0.15) is 12.4 Å². The molecule has 0 radical (unpaired) electrons. The maximum atomic E-state index is 12.9. The zero-order chi connectivity index (χ0) is 16.4. The maximum absolute atomic E-state index is 12.9. The number of carbonyl (C=O) groups excluding carboxylic acids is 1. The van der Waals surface area contributed by atoms with Gasteiger partial charge in [-0.2, -0.15) is 0 Å². The monoisotopic (exact) mass is 314 g/mol. The molecular weight excluding hydrogens is 299 g/mol. The van der Waals surface area contributed by atoms with E-state index < -0.39 is 5.76 Å². The minimum absolute atomic E-state index is 0.104. The van der Waals surface area contributed by atoms with Crippen molar-refractivity contribution in [2.45, 2.75) is 13.1 Å². The van der Waals surface area contributed by atoms with Crippen molar-refractivity contribution in [2.75, 3.05) is 7.05 Å². The van der Waals surface area contributed by atoms with Gasteiger partial charge in [0, 0.05) is 13.6 Å². The Morgan fingerprint density at radius 3 is 2.61 bits per heavy atom.